The lowest BCUT2D eigenvalue weighted by atomic mass is 9.90. The second kappa shape index (κ2) is 8.45. The van der Waals surface area contributed by atoms with Gasteiger partial charge < -0.3 is 23.7 Å². The molecule has 0 saturated carbocycles. The van der Waals surface area contributed by atoms with Crippen LogP contribution >= 0.6 is 0 Å². The summed E-state index contributed by atoms with van der Waals surface area (Å²) in [5.74, 6) is 3.96. The zero-order valence-corrected chi connectivity index (χ0v) is 19.3. The van der Waals surface area contributed by atoms with Gasteiger partial charge in [-0.25, -0.2) is 0 Å². The Balaban J connectivity index is 1.52. The summed E-state index contributed by atoms with van der Waals surface area (Å²) in [6.45, 7) is 1.69. The van der Waals surface area contributed by atoms with Gasteiger partial charge in [0.2, 0.25) is 12.5 Å². The minimum absolute atomic E-state index is 0.269. The van der Waals surface area contributed by atoms with Crippen LogP contribution in [0.2, 0.25) is 0 Å². The highest BCUT2D eigenvalue weighted by Gasteiger charge is 2.32. The summed E-state index contributed by atoms with van der Waals surface area (Å²) in [5.41, 5.74) is 4.86. The molecular formula is C28H26NO5+. The molecule has 0 N–H and O–H groups in total. The summed E-state index contributed by atoms with van der Waals surface area (Å²) >= 11 is 0. The summed E-state index contributed by atoms with van der Waals surface area (Å²) in [5, 5.41) is 2.16. The van der Waals surface area contributed by atoms with Crippen molar-refractivity contribution in [2.24, 2.45) is 0 Å². The first-order chi connectivity index (χ1) is 16.8. The third-order valence-electron chi connectivity index (χ3n) is 6.61. The number of para-hydroxylation sites is 1. The van der Waals surface area contributed by atoms with Crippen molar-refractivity contribution in [3.63, 3.8) is 0 Å². The SMILES string of the molecule is COc1ccc2c(CCOc3ccccc3)c3[n+](cc2c1OC)CCc1cc2c(cc1-3)OCO2. The fourth-order valence-electron chi connectivity index (χ4n) is 5.05. The number of aryl methyl sites for hydroxylation is 2. The number of aromatic nitrogens is 1. The molecule has 0 bridgehead atoms. The largest absolute Gasteiger partial charge is 0.493 e. The van der Waals surface area contributed by atoms with Crippen molar-refractivity contribution in [2.75, 3.05) is 27.6 Å². The van der Waals surface area contributed by atoms with E-state index in [2.05, 4.69) is 29.0 Å². The molecule has 4 aromatic rings. The van der Waals surface area contributed by atoms with Gasteiger partial charge in [0.05, 0.1) is 31.8 Å². The van der Waals surface area contributed by atoms with E-state index in [-0.39, 0.29) is 6.79 Å². The molecule has 0 unspecified atom stereocenters. The van der Waals surface area contributed by atoms with Crippen LogP contribution < -0.4 is 28.3 Å². The van der Waals surface area contributed by atoms with Gasteiger partial charge >= 0.3 is 0 Å². The molecule has 0 aliphatic carbocycles. The molecular weight excluding hydrogens is 430 g/mol. The van der Waals surface area contributed by atoms with Crippen molar-refractivity contribution in [1.29, 1.82) is 0 Å². The minimum Gasteiger partial charge on any atom is -0.493 e. The highest BCUT2D eigenvalue weighted by atomic mass is 16.7. The van der Waals surface area contributed by atoms with E-state index in [1.807, 2.05) is 36.4 Å². The molecule has 2 aliphatic heterocycles. The van der Waals surface area contributed by atoms with Crippen LogP contribution in [-0.2, 0) is 19.4 Å². The van der Waals surface area contributed by atoms with Crippen molar-refractivity contribution >= 4 is 10.8 Å². The van der Waals surface area contributed by atoms with Gasteiger partial charge in [0.1, 0.15) is 5.75 Å². The molecule has 2 aliphatic rings. The van der Waals surface area contributed by atoms with E-state index in [9.17, 15) is 0 Å². The first-order valence-electron chi connectivity index (χ1n) is 11.5. The third kappa shape index (κ3) is 3.37. The second-order valence-electron chi connectivity index (χ2n) is 8.44. The number of hydrogen-bond acceptors (Lipinski definition) is 5. The number of nitrogens with zero attached hydrogens (tertiary/aromatic N) is 1. The zero-order valence-electron chi connectivity index (χ0n) is 19.3. The number of benzene rings is 3. The van der Waals surface area contributed by atoms with E-state index in [1.54, 1.807) is 14.2 Å². The van der Waals surface area contributed by atoms with Crippen LogP contribution in [0.25, 0.3) is 22.0 Å². The van der Waals surface area contributed by atoms with Gasteiger partial charge in [-0.1, -0.05) is 18.2 Å². The highest BCUT2D eigenvalue weighted by Crippen LogP contribution is 2.43. The molecule has 172 valence electrons. The lowest BCUT2D eigenvalue weighted by molar-refractivity contribution is -0.686. The van der Waals surface area contributed by atoms with Crippen LogP contribution in [0.5, 0.6) is 28.7 Å². The van der Waals surface area contributed by atoms with Crippen LogP contribution in [0.1, 0.15) is 11.1 Å². The normalized spacial score (nSPS) is 13.4. The standard InChI is InChI=1S/C28H26NO5/c1-30-24-9-8-20-21(11-13-32-19-6-4-3-5-7-19)27-22-15-26-25(33-17-34-26)14-18(22)10-12-29(27)16-23(20)28(24)31-2/h3-9,14-16H,10-13,17H2,1-2H3/q+1. The molecule has 6 nitrogen and oxygen atoms in total. The Hall–Kier alpha value is -3.93. The summed E-state index contributed by atoms with van der Waals surface area (Å²) in [6.07, 6.45) is 3.84. The third-order valence-corrected chi connectivity index (χ3v) is 6.61. The quantitative estimate of drug-likeness (QED) is 0.393. The predicted octanol–water partition coefficient (Wildman–Crippen LogP) is 4.72. The smallest absolute Gasteiger partial charge is 0.231 e. The Bertz CT molecular complexity index is 1380. The van der Waals surface area contributed by atoms with E-state index in [1.165, 1.54) is 22.4 Å². The van der Waals surface area contributed by atoms with Crippen molar-refractivity contribution in [1.82, 2.24) is 0 Å². The van der Waals surface area contributed by atoms with Gasteiger partial charge in [0.15, 0.2) is 35.7 Å². The molecule has 0 atom stereocenters. The molecule has 0 saturated heterocycles. The zero-order chi connectivity index (χ0) is 23.1. The fourth-order valence-corrected chi connectivity index (χ4v) is 5.05. The minimum atomic E-state index is 0.269. The average molecular weight is 457 g/mol. The monoisotopic (exact) mass is 456 g/mol. The van der Waals surface area contributed by atoms with Crippen molar-refractivity contribution in [3.05, 3.63) is 71.9 Å². The summed E-state index contributed by atoms with van der Waals surface area (Å²) < 4.78 is 31.2. The first-order valence-corrected chi connectivity index (χ1v) is 11.5. The number of pyridine rings is 1. The summed E-state index contributed by atoms with van der Waals surface area (Å²) in [4.78, 5) is 0. The van der Waals surface area contributed by atoms with Crippen LogP contribution in [-0.4, -0.2) is 27.6 Å². The van der Waals surface area contributed by atoms with Crippen LogP contribution in [0.15, 0.2) is 60.8 Å². The Morgan fingerprint density at radius 1 is 0.912 bits per heavy atom. The molecule has 34 heavy (non-hydrogen) atoms. The molecule has 3 heterocycles. The predicted molar refractivity (Wildman–Crippen MR) is 128 cm³/mol. The van der Waals surface area contributed by atoms with E-state index in [0.29, 0.717) is 6.61 Å². The summed E-state index contributed by atoms with van der Waals surface area (Å²) in [6, 6.07) is 18.3. The van der Waals surface area contributed by atoms with Gasteiger partial charge in [-0.3, -0.25) is 0 Å². The average Bonchev–Trinajstić information content (AvgIpc) is 3.34. The van der Waals surface area contributed by atoms with E-state index in [0.717, 1.165) is 58.9 Å². The fraction of sp³-hybridized carbons (Fsp3) is 0.250. The first kappa shape index (κ1) is 20.7. The number of ether oxygens (including phenoxy) is 5. The van der Waals surface area contributed by atoms with Gasteiger partial charge in [-0.2, -0.15) is 4.57 Å². The maximum atomic E-state index is 6.10. The Morgan fingerprint density at radius 3 is 2.53 bits per heavy atom. The molecule has 3 aromatic carbocycles. The number of hydrogen-bond donors (Lipinski definition) is 0. The van der Waals surface area contributed by atoms with Crippen LogP contribution in [0, 0.1) is 0 Å². The number of methoxy groups -OCH3 is 2. The molecule has 0 radical (unpaired) electrons. The van der Waals surface area contributed by atoms with Crippen molar-refractivity contribution < 1.29 is 28.3 Å². The summed E-state index contributed by atoms with van der Waals surface area (Å²) in [7, 11) is 3.36. The van der Waals surface area contributed by atoms with Gasteiger partial charge in [-0.15, -0.1) is 0 Å². The lowest BCUT2D eigenvalue weighted by Gasteiger charge is -2.21. The number of fused-ring (bicyclic) bond motifs is 5. The van der Waals surface area contributed by atoms with Crippen molar-refractivity contribution in [2.45, 2.75) is 19.4 Å². The van der Waals surface area contributed by atoms with Crippen LogP contribution in [0.3, 0.4) is 0 Å². The van der Waals surface area contributed by atoms with Gasteiger partial charge in [0.25, 0.3) is 0 Å². The van der Waals surface area contributed by atoms with Gasteiger partial charge in [0, 0.05) is 23.8 Å². The molecule has 0 spiro atoms. The lowest BCUT2D eigenvalue weighted by Crippen LogP contribution is -2.41. The Kier molecular flexibility index (Phi) is 5.13. The Morgan fingerprint density at radius 2 is 1.74 bits per heavy atom. The molecule has 1 aromatic heterocycles. The Labute approximate surface area is 198 Å². The highest BCUT2D eigenvalue weighted by molar-refractivity contribution is 5.95. The van der Waals surface area contributed by atoms with E-state index in [4.69, 9.17) is 23.7 Å². The molecule has 0 amide bonds. The maximum absolute atomic E-state index is 6.10. The molecule has 0 fully saturated rings. The molecule has 6 rings (SSSR count). The van der Waals surface area contributed by atoms with E-state index >= 15 is 0 Å². The maximum Gasteiger partial charge on any atom is 0.231 e. The molecule has 6 heteroatoms. The number of rotatable bonds is 6. The topological polar surface area (TPSA) is 50.0 Å². The second-order valence-corrected chi connectivity index (χ2v) is 8.44. The van der Waals surface area contributed by atoms with Crippen molar-refractivity contribution in [3.8, 4) is 40.0 Å². The van der Waals surface area contributed by atoms with Gasteiger partial charge in [-0.05, 0) is 42.0 Å². The van der Waals surface area contributed by atoms with E-state index < -0.39 is 0 Å². The van der Waals surface area contributed by atoms with Crippen LogP contribution in [0.4, 0.5) is 0 Å².